The zero-order valence-corrected chi connectivity index (χ0v) is 18.0. The van der Waals surface area contributed by atoms with Crippen molar-refractivity contribution in [1.29, 1.82) is 0 Å². The van der Waals surface area contributed by atoms with Crippen LogP contribution in [0.15, 0.2) is 85.1 Å². The lowest BCUT2D eigenvalue weighted by Gasteiger charge is -2.15. The lowest BCUT2D eigenvalue weighted by atomic mass is 10.1. The van der Waals surface area contributed by atoms with E-state index in [1.165, 1.54) is 12.1 Å². The van der Waals surface area contributed by atoms with Gasteiger partial charge >= 0.3 is 0 Å². The Kier molecular flexibility index (Phi) is 6.31. The number of hydrogen-bond acceptors (Lipinski definition) is 3. The van der Waals surface area contributed by atoms with E-state index in [4.69, 9.17) is 9.84 Å². The van der Waals surface area contributed by atoms with E-state index in [0.717, 1.165) is 22.4 Å². The molecule has 4 aromatic rings. The lowest BCUT2D eigenvalue weighted by molar-refractivity contribution is -0.127. The van der Waals surface area contributed by atoms with E-state index >= 15 is 0 Å². The van der Waals surface area contributed by atoms with Gasteiger partial charge in [-0.1, -0.05) is 35.9 Å². The molecule has 3 aromatic carbocycles. The third-order valence-electron chi connectivity index (χ3n) is 5.08. The fourth-order valence-corrected chi connectivity index (χ4v) is 3.30. The Hall–Kier alpha value is -3.93. The molecule has 0 aliphatic rings. The van der Waals surface area contributed by atoms with Gasteiger partial charge < -0.3 is 10.1 Å². The Labute approximate surface area is 186 Å². The molecule has 0 bridgehead atoms. The molecule has 0 fully saturated rings. The Bertz CT molecular complexity index is 1190. The number of nitrogens with zero attached hydrogens (tertiary/aromatic N) is 2. The van der Waals surface area contributed by atoms with E-state index in [1.54, 1.807) is 23.7 Å². The van der Waals surface area contributed by atoms with E-state index < -0.39 is 6.10 Å². The Morgan fingerprint density at radius 2 is 1.72 bits per heavy atom. The maximum atomic E-state index is 13.4. The number of carbonyl (C=O) groups excluding carboxylic acids is 1. The molecular weight excluding hydrogens is 405 g/mol. The molecule has 6 heteroatoms. The summed E-state index contributed by atoms with van der Waals surface area (Å²) in [6.45, 7) is 3.97. The molecule has 0 aliphatic carbocycles. The molecule has 4 rings (SSSR count). The zero-order valence-electron chi connectivity index (χ0n) is 18.0. The first kappa shape index (κ1) is 21.3. The number of aryl methyl sites for hydroxylation is 1. The van der Waals surface area contributed by atoms with Crippen LogP contribution in [0.4, 0.5) is 4.39 Å². The number of rotatable bonds is 7. The Morgan fingerprint density at radius 1 is 1.03 bits per heavy atom. The quantitative estimate of drug-likeness (QED) is 0.446. The highest BCUT2D eigenvalue weighted by molar-refractivity contribution is 5.81. The minimum Gasteiger partial charge on any atom is -0.481 e. The van der Waals surface area contributed by atoms with Gasteiger partial charge in [0.25, 0.3) is 5.91 Å². The van der Waals surface area contributed by atoms with Crippen LogP contribution in [0.5, 0.6) is 5.75 Å². The van der Waals surface area contributed by atoms with E-state index in [-0.39, 0.29) is 18.3 Å². The number of benzene rings is 3. The van der Waals surface area contributed by atoms with Gasteiger partial charge in [0.2, 0.25) is 0 Å². The number of carbonyl (C=O) groups is 1. The van der Waals surface area contributed by atoms with Crippen LogP contribution in [-0.4, -0.2) is 21.8 Å². The SMILES string of the molecule is Cc1ccc(OC(C)C(=O)NCc2cn(-c3ccccc3)nc2-c2ccc(F)cc2)cc1. The van der Waals surface area contributed by atoms with Gasteiger partial charge in [0.1, 0.15) is 11.6 Å². The summed E-state index contributed by atoms with van der Waals surface area (Å²) in [6.07, 6.45) is 1.22. The van der Waals surface area contributed by atoms with Gasteiger partial charge in [0, 0.05) is 23.9 Å². The van der Waals surface area contributed by atoms with Gasteiger partial charge in [-0.25, -0.2) is 9.07 Å². The Morgan fingerprint density at radius 3 is 2.41 bits per heavy atom. The minimum absolute atomic E-state index is 0.233. The van der Waals surface area contributed by atoms with Crippen LogP contribution in [0.2, 0.25) is 0 Å². The van der Waals surface area contributed by atoms with Crippen molar-refractivity contribution in [3.8, 4) is 22.7 Å². The monoisotopic (exact) mass is 429 g/mol. The fraction of sp³-hybridized carbons (Fsp3) is 0.154. The first-order valence-corrected chi connectivity index (χ1v) is 10.4. The molecule has 1 atom stereocenters. The summed E-state index contributed by atoms with van der Waals surface area (Å²) in [5.74, 6) is 0.0958. The number of para-hydroxylation sites is 1. The number of amides is 1. The maximum absolute atomic E-state index is 13.4. The largest absolute Gasteiger partial charge is 0.481 e. The predicted octanol–water partition coefficient (Wildman–Crippen LogP) is 5.07. The summed E-state index contributed by atoms with van der Waals surface area (Å²) >= 11 is 0. The number of aromatic nitrogens is 2. The summed E-state index contributed by atoms with van der Waals surface area (Å²) in [7, 11) is 0. The molecule has 0 saturated carbocycles. The van der Waals surface area contributed by atoms with Gasteiger partial charge in [-0.15, -0.1) is 0 Å². The summed E-state index contributed by atoms with van der Waals surface area (Å²) in [4.78, 5) is 12.6. The number of halogens is 1. The van der Waals surface area contributed by atoms with Crippen molar-refractivity contribution in [2.24, 2.45) is 0 Å². The molecular formula is C26H24FN3O2. The molecule has 0 spiro atoms. The predicted molar refractivity (Wildman–Crippen MR) is 122 cm³/mol. The molecule has 0 radical (unpaired) electrons. The average molecular weight is 429 g/mol. The van der Waals surface area contributed by atoms with Crippen molar-refractivity contribution in [1.82, 2.24) is 15.1 Å². The highest BCUT2D eigenvalue weighted by atomic mass is 19.1. The van der Waals surface area contributed by atoms with E-state index in [9.17, 15) is 9.18 Å². The van der Waals surface area contributed by atoms with Crippen molar-refractivity contribution in [2.75, 3.05) is 0 Å². The first-order valence-electron chi connectivity index (χ1n) is 10.4. The van der Waals surface area contributed by atoms with Gasteiger partial charge in [0.05, 0.1) is 11.4 Å². The molecule has 32 heavy (non-hydrogen) atoms. The molecule has 1 heterocycles. The molecule has 1 amide bonds. The van der Waals surface area contributed by atoms with Crippen LogP contribution in [0, 0.1) is 12.7 Å². The van der Waals surface area contributed by atoms with Gasteiger partial charge in [-0.2, -0.15) is 5.10 Å². The summed E-state index contributed by atoms with van der Waals surface area (Å²) in [6, 6.07) is 23.4. The van der Waals surface area contributed by atoms with Crippen LogP contribution in [0.1, 0.15) is 18.1 Å². The highest BCUT2D eigenvalue weighted by Crippen LogP contribution is 2.24. The van der Waals surface area contributed by atoms with Crippen LogP contribution in [0.25, 0.3) is 16.9 Å². The molecule has 5 nitrogen and oxygen atoms in total. The second-order valence-corrected chi connectivity index (χ2v) is 7.58. The van der Waals surface area contributed by atoms with Crippen molar-refractivity contribution < 1.29 is 13.9 Å². The zero-order chi connectivity index (χ0) is 22.5. The molecule has 1 unspecified atom stereocenters. The smallest absolute Gasteiger partial charge is 0.261 e. The molecule has 162 valence electrons. The number of nitrogens with one attached hydrogen (secondary N) is 1. The number of ether oxygens (including phenoxy) is 1. The fourth-order valence-electron chi connectivity index (χ4n) is 3.30. The maximum Gasteiger partial charge on any atom is 0.261 e. The molecule has 0 saturated heterocycles. The Balaban J connectivity index is 1.52. The van der Waals surface area contributed by atoms with Crippen molar-refractivity contribution >= 4 is 5.91 Å². The molecule has 0 aliphatic heterocycles. The normalized spacial score (nSPS) is 11.7. The van der Waals surface area contributed by atoms with E-state index in [2.05, 4.69) is 5.32 Å². The highest BCUT2D eigenvalue weighted by Gasteiger charge is 2.17. The summed E-state index contributed by atoms with van der Waals surface area (Å²) in [5, 5.41) is 7.62. The number of hydrogen-bond donors (Lipinski definition) is 1. The topological polar surface area (TPSA) is 56.1 Å². The van der Waals surface area contributed by atoms with E-state index in [1.807, 2.05) is 67.7 Å². The second-order valence-electron chi connectivity index (χ2n) is 7.58. The van der Waals surface area contributed by atoms with Gasteiger partial charge in [0.15, 0.2) is 6.10 Å². The standard InChI is InChI=1S/C26H24FN3O2/c1-18-8-14-24(15-9-18)32-19(2)26(31)28-16-21-17-30(23-6-4-3-5-7-23)29-25(21)20-10-12-22(27)13-11-20/h3-15,17,19H,16H2,1-2H3,(H,28,31). The van der Waals surface area contributed by atoms with Crippen LogP contribution < -0.4 is 10.1 Å². The van der Waals surface area contributed by atoms with E-state index in [0.29, 0.717) is 11.4 Å². The third-order valence-corrected chi connectivity index (χ3v) is 5.08. The van der Waals surface area contributed by atoms with Gasteiger partial charge in [-0.05, 0) is 62.4 Å². The minimum atomic E-state index is -0.656. The lowest BCUT2D eigenvalue weighted by Crippen LogP contribution is -2.35. The first-order chi connectivity index (χ1) is 15.5. The third kappa shape index (κ3) is 5.03. The van der Waals surface area contributed by atoms with Crippen LogP contribution in [-0.2, 0) is 11.3 Å². The average Bonchev–Trinajstić information content (AvgIpc) is 3.24. The van der Waals surface area contributed by atoms with Gasteiger partial charge in [-0.3, -0.25) is 4.79 Å². The van der Waals surface area contributed by atoms with Crippen molar-refractivity contribution in [3.63, 3.8) is 0 Å². The summed E-state index contributed by atoms with van der Waals surface area (Å²) in [5.41, 5.74) is 4.29. The van der Waals surface area contributed by atoms with Crippen LogP contribution >= 0.6 is 0 Å². The van der Waals surface area contributed by atoms with Crippen LogP contribution in [0.3, 0.4) is 0 Å². The molecule has 1 aromatic heterocycles. The summed E-state index contributed by atoms with van der Waals surface area (Å²) < 4.78 is 20.9. The van der Waals surface area contributed by atoms with Crippen molar-refractivity contribution in [2.45, 2.75) is 26.5 Å². The second kappa shape index (κ2) is 9.47. The van der Waals surface area contributed by atoms with Crippen molar-refractivity contribution in [3.05, 3.63) is 102 Å². The molecule has 1 N–H and O–H groups in total.